The zero-order chi connectivity index (χ0) is 12.8. The number of carbonyl (C=O) groups excluding carboxylic acids is 2. The number of amides is 1. The Morgan fingerprint density at radius 1 is 1.18 bits per heavy atom. The fraction of sp³-hybridized carbons (Fsp3) is 0.385. The quantitative estimate of drug-likeness (QED) is 0.807. The van der Waals surface area contributed by atoms with Gasteiger partial charge in [-0.1, -0.05) is 18.2 Å². The van der Waals surface area contributed by atoms with E-state index in [-0.39, 0.29) is 23.8 Å². The van der Waals surface area contributed by atoms with Crippen molar-refractivity contribution in [2.75, 3.05) is 7.11 Å². The van der Waals surface area contributed by atoms with Gasteiger partial charge >= 0.3 is 5.97 Å². The fourth-order valence-electron chi connectivity index (χ4n) is 1.39. The molecule has 17 heavy (non-hydrogen) atoms. The van der Waals surface area contributed by atoms with Crippen LogP contribution in [0.1, 0.15) is 24.2 Å². The molecule has 2 atom stereocenters. The van der Waals surface area contributed by atoms with Gasteiger partial charge in [-0.3, -0.25) is 9.59 Å². The molecule has 0 unspecified atom stereocenters. The molecule has 1 aromatic carbocycles. The first kappa shape index (κ1) is 13.2. The van der Waals surface area contributed by atoms with Crippen LogP contribution in [-0.4, -0.2) is 25.0 Å². The summed E-state index contributed by atoms with van der Waals surface area (Å²) in [6.45, 7) is 3.50. The van der Waals surface area contributed by atoms with Gasteiger partial charge in [0.15, 0.2) is 0 Å². The first-order valence-corrected chi connectivity index (χ1v) is 5.50. The summed E-state index contributed by atoms with van der Waals surface area (Å²) in [6.07, 6.45) is 0. The van der Waals surface area contributed by atoms with E-state index in [0.29, 0.717) is 5.56 Å². The molecular weight excluding hydrogens is 218 g/mol. The van der Waals surface area contributed by atoms with Gasteiger partial charge in [-0.15, -0.1) is 0 Å². The molecule has 0 bridgehead atoms. The van der Waals surface area contributed by atoms with Crippen molar-refractivity contribution in [3.05, 3.63) is 35.9 Å². The van der Waals surface area contributed by atoms with E-state index in [2.05, 4.69) is 10.1 Å². The molecule has 92 valence electrons. The molecule has 0 aliphatic carbocycles. The molecule has 0 aliphatic rings. The van der Waals surface area contributed by atoms with E-state index in [1.807, 2.05) is 6.07 Å². The number of hydrogen-bond acceptors (Lipinski definition) is 3. The molecule has 1 rings (SSSR count). The van der Waals surface area contributed by atoms with Gasteiger partial charge in [0.1, 0.15) is 0 Å². The predicted molar refractivity (Wildman–Crippen MR) is 64.6 cm³/mol. The Hall–Kier alpha value is -1.84. The zero-order valence-corrected chi connectivity index (χ0v) is 10.3. The lowest BCUT2D eigenvalue weighted by atomic mass is 10.0. The lowest BCUT2D eigenvalue weighted by molar-refractivity contribution is -0.145. The van der Waals surface area contributed by atoms with E-state index >= 15 is 0 Å². The summed E-state index contributed by atoms with van der Waals surface area (Å²) in [7, 11) is 1.34. The maximum absolute atomic E-state index is 11.8. The molecule has 1 N–H and O–H groups in total. The van der Waals surface area contributed by atoms with Crippen LogP contribution in [0.4, 0.5) is 0 Å². The Morgan fingerprint density at radius 3 is 2.29 bits per heavy atom. The maximum Gasteiger partial charge on any atom is 0.310 e. The van der Waals surface area contributed by atoms with Gasteiger partial charge in [-0.25, -0.2) is 0 Å². The van der Waals surface area contributed by atoms with Gasteiger partial charge in [0.05, 0.1) is 13.0 Å². The largest absolute Gasteiger partial charge is 0.469 e. The second kappa shape index (κ2) is 6.03. The number of carbonyl (C=O) groups is 2. The van der Waals surface area contributed by atoms with E-state index in [0.717, 1.165) is 0 Å². The minimum absolute atomic E-state index is 0.186. The molecule has 4 heteroatoms. The molecule has 1 aromatic rings. The topological polar surface area (TPSA) is 55.4 Å². The van der Waals surface area contributed by atoms with Gasteiger partial charge in [-0.2, -0.15) is 0 Å². The Labute approximate surface area is 101 Å². The Bertz CT molecular complexity index is 389. The van der Waals surface area contributed by atoms with Crippen molar-refractivity contribution in [3.63, 3.8) is 0 Å². The van der Waals surface area contributed by atoms with Gasteiger partial charge in [0.25, 0.3) is 5.91 Å². The lowest BCUT2D eigenvalue weighted by Gasteiger charge is -2.19. The van der Waals surface area contributed by atoms with Gasteiger partial charge < -0.3 is 10.1 Å². The highest BCUT2D eigenvalue weighted by molar-refractivity contribution is 5.94. The number of rotatable bonds is 4. The first-order valence-electron chi connectivity index (χ1n) is 5.50. The number of ether oxygens (including phenoxy) is 1. The van der Waals surface area contributed by atoms with Crippen LogP contribution >= 0.6 is 0 Å². The molecule has 4 nitrogen and oxygen atoms in total. The van der Waals surface area contributed by atoms with Crippen LogP contribution in [0.3, 0.4) is 0 Å². The average Bonchev–Trinajstić information content (AvgIpc) is 2.37. The number of benzene rings is 1. The normalized spacial score (nSPS) is 13.6. The highest BCUT2D eigenvalue weighted by atomic mass is 16.5. The molecule has 0 aromatic heterocycles. The van der Waals surface area contributed by atoms with Crippen molar-refractivity contribution in [1.82, 2.24) is 5.32 Å². The van der Waals surface area contributed by atoms with Gasteiger partial charge in [0, 0.05) is 11.6 Å². The summed E-state index contributed by atoms with van der Waals surface area (Å²) in [4.78, 5) is 23.1. The standard InChI is InChI=1S/C13H17NO3/c1-9(13(16)17-3)10(2)14-12(15)11-7-5-4-6-8-11/h4-10H,1-3H3,(H,14,15)/t9-,10-/m0/s1. The smallest absolute Gasteiger partial charge is 0.310 e. The minimum Gasteiger partial charge on any atom is -0.469 e. The summed E-state index contributed by atoms with van der Waals surface area (Å²) in [5.41, 5.74) is 0.580. The summed E-state index contributed by atoms with van der Waals surface area (Å²) < 4.78 is 4.63. The molecule has 0 heterocycles. The number of esters is 1. The third-order valence-corrected chi connectivity index (χ3v) is 2.72. The second-order valence-electron chi connectivity index (χ2n) is 3.94. The van der Waals surface area contributed by atoms with Crippen molar-refractivity contribution in [2.45, 2.75) is 19.9 Å². The van der Waals surface area contributed by atoms with Gasteiger partial charge in [-0.05, 0) is 26.0 Å². The van der Waals surface area contributed by atoms with Crippen molar-refractivity contribution in [3.8, 4) is 0 Å². The van der Waals surface area contributed by atoms with Gasteiger partial charge in [0.2, 0.25) is 0 Å². The van der Waals surface area contributed by atoms with Crippen LogP contribution in [0.2, 0.25) is 0 Å². The highest BCUT2D eigenvalue weighted by Crippen LogP contribution is 2.06. The predicted octanol–water partition coefficient (Wildman–Crippen LogP) is 1.61. The minimum atomic E-state index is -0.368. The number of methoxy groups -OCH3 is 1. The molecule has 0 aliphatic heterocycles. The zero-order valence-electron chi connectivity index (χ0n) is 10.3. The average molecular weight is 235 g/mol. The molecule has 0 radical (unpaired) electrons. The van der Waals surface area contributed by atoms with E-state index in [1.54, 1.807) is 38.1 Å². The fourth-order valence-corrected chi connectivity index (χ4v) is 1.39. The third kappa shape index (κ3) is 3.59. The molecule has 0 fully saturated rings. The Balaban J connectivity index is 2.60. The summed E-state index contributed by atoms with van der Waals surface area (Å²) in [5, 5.41) is 2.77. The van der Waals surface area contributed by atoms with Crippen LogP contribution in [0.5, 0.6) is 0 Å². The van der Waals surface area contributed by atoms with Crippen LogP contribution in [0.15, 0.2) is 30.3 Å². The molecule has 1 amide bonds. The molecule has 0 spiro atoms. The van der Waals surface area contributed by atoms with Crippen molar-refractivity contribution in [2.24, 2.45) is 5.92 Å². The lowest BCUT2D eigenvalue weighted by Crippen LogP contribution is -2.40. The first-order chi connectivity index (χ1) is 8.06. The highest BCUT2D eigenvalue weighted by Gasteiger charge is 2.22. The Morgan fingerprint density at radius 2 is 1.76 bits per heavy atom. The third-order valence-electron chi connectivity index (χ3n) is 2.72. The number of nitrogens with one attached hydrogen (secondary N) is 1. The monoisotopic (exact) mass is 235 g/mol. The van der Waals surface area contributed by atoms with Crippen LogP contribution in [0, 0.1) is 5.92 Å². The Kier molecular flexibility index (Phi) is 4.69. The molecule has 0 saturated carbocycles. The van der Waals surface area contributed by atoms with E-state index in [4.69, 9.17) is 0 Å². The van der Waals surface area contributed by atoms with E-state index < -0.39 is 0 Å². The van der Waals surface area contributed by atoms with Crippen molar-refractivity contribution >= 4 is 11.9 Å². The summed E-state index contributed by atoms with van der Waals surface area (Å²) in [5.74, 6) is -0.882. The van der Waals surface area contributed by atoms with Crippen LogP contribution in [0.25, 0.3) is 0 Å². The molecular formula is C13H17NO3. The van der Waals surface area contributed by atoms with Crippen molar-refractivity contribution < 1.29 is 14.3 Å². The summed E-state index contributed by atoms with van der Waals surface area (Å²) in [6, 6.07) is 8.62. The van der Waals surface area contributed by atoms with Crippen LogP contribution < -0.4 is 5.32 Å². The SMILES string of the molecule is COC(=O)[C@@H](C)[C@H](C)NC(=O)c1ccccc1. The van der Waals surface area contributed by atoms with Crippen LogP contribution in [-0.2, 0) is 9.53 Å². The maximum atomic E-state index is 11.8. The summed E-state index contributed by atoms with van der Waals surface area (Å²) >= 11 is 0. The van der Waals surface area contributed by atoms with E-state index in [1.165, 1.54) is 7.11 Å². The van der Waals surface area contributed by atoms with Crippen molar-refractivity contribution in [1.29, 1.82) is 0 Å². The van der Waals surface area contributed by atoms with E-state index in [9.17, 15) is 9.59 Å². The number of hydrogen-bond donors (Lipinski definition) is 1. The second-order valence-corrected chi connectivity index (χ2v) is 3.94. The molecule has 0 saturated heterocycles.